The highest BCUT2D eigenvalue weighted by molar-refractivity contribution is 6.16. The van der Waals surface area contributed by atoms with Crippen LogP contribution in [0.2, 0.25) is 0 Å². The minimum Gasteiger partial charge on any atom is -0.456 e. The first kappa shape index (κ1) is 58.1. The molecule has 0 aliphatic carbocycles. The van der Waals surface area contributed by atoms with Crippen molar-refractivity contribution in [1.82, 2.24) is 29.9 Å². The smallest absolute Gasteiger partial charge is 0.164 e. The number of para-hydroxylation sites is 5. The third kappa shape index (κ3) is 9.14. The highest BCUT2D eigenvalue weighted by Gasteiger charge is 2.25. The van der Waals surface area contributed by atoms with Crippen LogP contribution < -0.4 is 0 Å². The lowest BCUT2D eigenvalue weighted by Gasteiger charge is -2.12. The molecule has 0 N–H and O–H groups in total. The van der Waals surface area contributed by atoms with Gasteiger partial charge in [0.05, 0.1) is 0 Å². The number of fused-ring (bicyclic) bond motifs is 19. The van der Waals surface area contributed by atoms with Crippen LogP contribution in [0.5, 0.6) is 0 Å². The highest BCUT2D eigenvalue weighted by atomic mass is 16.3. The van der Waals surface area contributed by atoms with Crippen molar-refractivity contribution >= 4 is 142 Å². The first-order chi connectivity index (χ1) is 52.4. The molecule has 0 bridgehead atoms. The van der Waals surface area contributed by atoms with Gasteiger partial charge in [0.25, 0.3) is 0 Å². The van der Waals surface area contributed by atoms with Crippen LogP contribution in [0.15, 0.2) is 330 Å². The number of hydrogen-bond acceptors (Lipinski definition) is 12. The van der Waals surface area contributed by atoms with Gasteiger partial charge in [0.1, 0.15) is 67.0 Å². The standard InChI is InChI=1S/C94H50N6O6/c1-2-14-51(15-3-1)89-95-91(98-93(97-89)73-22-13-27-79-86(73)72-41-34-55(46-84(72)105-79)54-32-37-66-63-16-4-8-23-75(63)101-80(66)45-54)60-36-40-69-70-21-12-20-62(88(70)106-83(69)49-60)57-30-28-53-43-58(31-29-52(53)42-57)90-96-92(59-35-39-68-65-18-6-10-25-77(65)103-82(68)48-59)100-94(99-90)74-44-61(50-85-87(74)71-19-7-11-26-78(71)104-85)56-33-38-67-64-17-5-9-24-76(64)102-81(67)47-56/h1-50H. The summed E-state index contributed by atoms with van der Waals surface area (Å²) in [7, 11) is 0. The van der Waals surface area contributed by atoms with Crippen molar-refractivity contribution in [3.8, 4) is 102 Å². The Morgan fingerprint density at radius 2 is 0.500 bits per heavy atom. The molecule has 12 nitrogen and oxygen atoms in total. The molecule has 106 heavy (non-hydrogen) atoms. The van der Waals surface area contributed by atoms with E-state index in [0.717, 1.165) is 198 Å². The summed E-state index contributed by atoms with van der Waals surface area (Å²) in [5, 5.41) is 14.1. The van der Waals surface area contributed by atoms with Gasteiger partial charge in [-0.3, -0.25) is 0 Å². The molecule has 0 aliphatic heterocycles. The predicted molar refractivity (Wildman–Crippen MR) is 423 cm³/mol. The van der Waals surface area contributed by atoms with E-state index < -0.39 is 0 Å². The van der Waals surface area contributed by atoms with Crippen LogP contribution in [0, 0.1) is 0 Å². The fourth-order valence-electron chi connectivity index (χ4n) is 15.9. The van der Waals surface area contributed by atoms with Crippen LogP contribution in [0.1, 0.15) is 0 Å². The molecule has 0 aliphatic rings. The van der Waals surface area contributed by atoms with Crippen LogP contribution in [0.25, 0.3) is 244 Å². The number of nitrogens with zero attached hydrogens (tertiary/aromatic N) is 6. The van der Waals surface area contributed by atoms with E-state index in [1.165, 1.54) is 0 Å². The zero-order valence-electron chi connectivity index (χ0n) is 56.0. The molecule has 8 heterocycles. The molecule has 0 saturated carbocycles. The Kier molecular flexibility index (Phi) is 12.3. The summed E-state index contributed by atoms with van der Waals surface area (Å²) in [6.07, 6.45) is 0. The second-order valence-electron chi connectivity index (χ2n) is 27.2. The lowest BCUT2D eigenvalue weighted by atomic mass is 9.97. The van der Waals surface area contributed by atoms with Crippen molar-refractivity contribution in [3.63, 3.8) is 0 Å². The Hall–Kier alpha value is -14.6. The van der Waals surface area contributed by atoms with Crippen LogP contribution >= 0.6 is 0 Å². The quantitative estimate of drug-likeness (QED) is 0.135. The molecular formula is C94H50N6O6. The van der Waals surface area contributed by atoms with Gasteiger partial charge in [-0.05, 0) is 154 Å². The monoisotopic (exact) mass is 1360 g/mol. The largest absolute Gasteiger partial charge is 0.456 e. The molecule has 8 aromatic heterocycles. The molecule has 12 heteroatoms. The predicted octanol–water partition coefficient (Wildman–Crippen LogP) is 25.6. The third-order valence-corrected chi connectivity index (χ3v) is 21.0. The van der Waals surface area contributed by atoms with E-state index in [4.69, 9.17) is 56.4 Å². The molecule has 15 aromatic carbocycles. The summed E-state index contributed by atoms with van der Waals surface area (Å²) < 4.78 is 39.6. The molecule has 0 amide bonds. The molecule has 0 saturated heterocycles. The molecule has 23 rings (SSSR count). The van der Waals surface area contributed by atoms with Crippen molar-refractivity contribution in [2.24, 2.45) is 0 Å². The van der Waals surface area contributed by atoms with E-state index in [1.807, 2.05) is 127 Å². The summed E-state index contributed by atoms with van der Waals surface area (Å²) in [4.78, 5) is 31.8. The zero-order valence-corrected chi connectivity index (χ0v) is 56.0. The minimum absolute atomic E-state index is 0.492. The van der Waals surface area contributed by atoms with Gasteiger partial charge in [-0.25, -0.2) is 29.9 Å². The summed E-state index contributed by atoms with van der Waals surface area (Å²) in [5.74, 6) is 3.07. The average Bonchev–Trinajstić information content (AvgIpc) is 1.58. The van der Waals surface area contributed by atoms with Crippen LogP contribution in [-0.2, 0) is 0 Å². The third-order valence-electron chi connectivity index (χ3n) is 21.0. The molecule has 0 atom stereocenters. The topological polar surface area (TPSA) is 156 Å². The lowest BCUT2D eigenvalue weighted by molar-refractivity contribution is 0.668. The summed E-state index contributed by atoms with van der Waals surface area (Å²) in [6.45, 7) is 0. The van der Waals surface area contributed by atoms with Crippen molar-refractivity contribution < 1.29 is 26.5 Å². The maximum Gasteiger partial charge on any atom is 0.164 e. The maximum absolute atomic E-state index is 7.00. The second-order valence-corrected chi connectivity index (χ2v) is 27.2. The van der Waals surface area contributed by atoms with Crippen molar-refractivity contribution in [2.75, 3.05) is 0 Å². The van der Waals surface area contributed by atoms with Gasteiger partial charge in [-0.2, -0.15) is 0 Å². The second kappa shape index (κ2) is 22.4. The van der Waals surface area contributed by atoms with E-state index in [9.17, 15) is 0 Å². The van der Waals surface area contributed by atoms with Gasteiger partial charge in [0.2, 0.25) is 0 Å². The number of aromatic nitrogens is 6. The van der Waals surface area contributed by atoms with Gasteiger partial charge < -0.3 is 26.5 Å². The fraction of sp³-hybridized carbons (Fsp3) is 0. The Labute approximate surface area is 600 Å². The average molecular weight is 1360 g/mol. The molecular weight excluding hydrogens is 1310 g/mol. The lowest BCUT2D eigenvalue weighted by Crippen LogP contribution is -2.01. The van der Waals surface area contributed by atoms with Crippen molar-refractivity contribution in [2.45, 2.75) is 0 Å². The first-order valence-corrected chi connectivity index (χ1v) is 35.2. The van der Waals surface area contributed by atoms with Gasteiger partial charge in [0.15, 0.2) is 34.9 Å². The normalized spacial score (nSPS) is 12.2. The van der Waals surface area contributed by atoms with E-state index in [0.29, 0.717) is 46.1 Å². The number of furan rings is 6. The number of benzene rings is 15. The number of hydrogen-bond donors (Lipinski definition) is 0. The summed E-state index contributed by atoms with van der Waals surface area (Å²) in [5.41, 5.74) is 20.1. The molecule has 0 spiro atoms. The molecule has 0 unspecified atom stereocenters. The molecule has 0 radical (unpaired) electrons. The SMILES string of the molecule is c1ccc(-c2nc(-c3ccc4c(c3)oc3c(-c5ccc6cc(-c7nc(-c8ccc9c(c8)oc8ccccc89)nc(-c8cc(-c9ccc%10c(c9)oc9ccccc9%10)cc9oc%10ccccc%10c89)n7)ccc6c5)cccc34)nc(-c3cccc4oc5cc(-c6ccc7c(c6)oc6ccccc67)ccc5c34)n2)cc1. The van der Waals surface area contributed by atoms with Crippen LogP contribution in [-0.4, -0.2) is 29.9 Å². The Morgan fingerprint density at radius 1 is 0.160 bits per heavy atom. The van der Waals surface area contributed by atoms with E-state index >= 15 is 0 Å². The Morgan fingerprint density at radius 3 is 1.10 bits per heavy atom. The van der Waals surface area contributed by atoms with E-state index in [1.54, 1.807) is 0 Å². The van der Waals surface area contributed by atoms with Gasteiger partial charge >= 0.3 is 0 Å². The van der Waals surface area contributed by atoms with E-state index in [2.05, 4.69) is 176 Å². The van der Waals surface area contributed by atoms with Crippen molar-refractivity contribution in [3.05, 3.63) is 303 Å². The van der Waals surface area contributed by atoms with Crippen LogP contribution in [0.4, 0.5) is 0 Å². The van der Waals surface area contributed by atoms with E-state index in [-0.39, 0.29) is 0 Å². The van der Waals surface area contributed by atoms with Crippen LogP contribution in [0.3, 0.4) is 0 Å². The zero-order chi connectivity index (χ0) is 69.2. The fourth-order valence-corrected chi connectivity index (χ4v) is 15.9. The molecule has 0 fully saturated rings. The molecule has 23 aromatic rings. The summed E-state index contributed by atoms with van der Waals surface area (Å²) >= 11 is 0. The van der Waals surface area contributed by atoms with Gasteiger partial charge in [-0.1, -0.05) is 188 Å². The first-order valence-electron chi connectivity index (χ1n) is 35.2. The number of rotatable bonds is 9. The Balaban J connectivity index is 0.614. The Bertz CT molecular complexity index is 7680. The van der Waals surface area contributed by atoms with Crippen molar-refractivity contribution in [1.29, 1.82) is 0 Å². The molecule has 492 valence electrons. The van der Waals surface area contributed by atoms with Gasteiger partial charge in [0, 0.05) is 104 Å². The highest BCUT2D eigenvalue weighted by Crippen LogP contribution is 2.46. The maximum atomic E-state index is 7.00. The minimum atomic E-state index is 0.492. The van der Waals surface area contributed by atoms with Gasteiger partial charge in [-0.15, -0.1) is 0 Å². The summed E-state index contributed by atoms with van der Waals surface area (Å²) in [6, 6.07) is 104.